The normalized spacial score (nSPS) is 16.4. The molecule has 7 heteroatoms. The summed E-state index contributed by atoms with van der Waals surface area (Å²) < 4.78 is 5.30. The average Bonchev–Trinajstić information content (AvgIpc) is 3.35. The number of nitrogens with one attached hydrogen (secondary N) is 1. The van der Waals surface area contributed by atoms with Gasteiger partial charge in [0.1, 0.15) is 5.69 Å². The van der Waals surface area contributed by atoms with E-state index in [1.54, 1.807) is 11.1 Å². The van der Waals surface area contributed by atoms with Crippen LogP contribution in [0.1, 0.15) is 17.9 Å². The van der Waals surface area contributed by atoms with Crippen LogP contribution in [0.15, 0.2) is 65.3 Å². The van der Waals surface area contributed by atoms with E-state index in [1.165, 1.54) is 0 Å². The number of hydrogen-bond acceptors (Lipinski definition) is 5. The summed E-state index contributed by atoms with van der Waals surface area (Å²) in [6, 6.07) is 17.1. The summed E-state index contributed by atoms with van der Waals surface area (Å²) in [7, 11) is 0. The minimum absolute atomic E-state index is 0.0307. The van der Waals surface area contributed by atoms with Gasteiger partial charge < -0.3 is 14.7 Å². The first-order valence-electron chi connectivity index (χ1n) is 9.15. The highest BCUT2D eigenvalue weighted by Gasteiger charge is 2.34. The molecule has 0 aliphatic carbocycles. The molecular formula is C21H20N4O3. The van der Waals surface area contributed by atoms with Crippen molar-refractivity contribution < 1.29 is 14.1 Å². The predicted molar refractivity (Wildman–Crippen MR) is 102 cm³/mol. The highest BCUT2D eigenvalue weighted by molar-refractivity contribution is 5.89. The Morgan fingerprint density at radius 1 is 1.18 bits per heavy atom. The SMILES string of the molecule is O=C(NCc1cc(-c2ccccc2)no1)C1CC(=O)N(Cc2ccccn2)C1. The minimum atomic E-state index is -0.368. The molecule has 1 fully saturated rings. The van der Waals surface area contributed by atoms with E-state index in [0.717, 1.165) is 17.0 Å². The van der Waals surface area contributed by atoms with Crippen molar-refractivity contribution >= 4 is 11.8 Å². The number of likely N-dealkylation sites (tertiary alicyclic amines) is 1. The Balaban J connectivity index is 1.31. The summed E-state index contributed by atoms with van der Waals surface area (Å²) in [5.41, 5.74) is 2.49. The van der Waals surface area contributed by atoms with E-state index in [2.05, 4.69) is 15.5 Å². The molecule has 142 valence electrons. The quantitative estimate of drug-likeness (QED) is 0.714. The molecule has 1 unspecified atom stereocenters. The Labute approximate surface area is 162 Å². The van der Waals surface area contributed by atoms with Gasteiger partial charge in [-0.05, 0) is 12.1 Å². The van der Waals surface area contributed by atoms with Crippen LogP contribution in [0.25, 0.3) is 11.3 Å². The third-order valence-electron chi connectivity index (χ3n) is 4.73. The van der Waals surface area contributed by atoms with Gasteiger partial charge in [-0.15, -0.1) is 0 Å². The molecule has 1 saturated heterocycles. The number of carbonyl (C=O) groups is 2. The second-order valence-electron chi connectivity index (χ2n) is 6.76. The summed E-state index contributed by atoms with van der Waals surface area (Å²) in [6.45, 7) is 1.06. The maximum atomic E-state index is 12.5. The first-order valence-corrected chi connectivity index (χ1v) is 9.15. The second-order valence-corrected chi connectivity index (χ2v) is 6.76. The first kappa shape index (κ1) is 17.9. The largest absolute Gasteiger partial charge is 0.359 e. The van der Waals surface area contributed by atoms with E-state index < -0.39 is 0 Å². The topological polar surface area (TPSA) is 88.3 Å². The fourth-order valence-electron chi connectivity index (χ4n) is 3.25. The van der Waals surface area contributed by atoms with E-state index in [9.17, 15) is 9.59 Å². The number of nitrogens with zero attached hydrogens (tertiary/aromatic N) is 3. The van der Waals surface area contributed by atoms with Crippen LogP contribution >= 0.6 is 0 Å². The predicted octanol–water partition coefficient (Wildman–Crippen LogP) is 2.40. The first-order chi connectivity index (χ1) is 13.7. The average molecular weight is 376 g/mol. The van der Waals surface area contributed by atoms with Crippen LogP contribution in [-0.4, -0.2) is 33.4 Å². The van der Waals surface area contributed by atoms with Crippen molar-refractivity contribution in [2.24, 2.45) is 5.92 Å². The van der Waals surface area contributed by atoms with Crippen molar-refractivity contribution in [3.8, 4) is 11.3 Å². The fourth-order valence-corrected chi connectivity index (χ4v) is 3.25. The van der Waals surface area contributed by atoms with Crippen molar-refractivity contribution in [1.29, 1.82) is 0 Å². The fraction of sp³-hybridized carbons (Fsp3) is 0.238. The molecule has 1 N–H and O–H groups in total. The summed E-state index contributed by atoms with van der Waals surface area (Å²) in [4.78, 5) is 30.6. The zero-order valence-electron chi connectivity index (χ0n) is 15.2. The van der Waals surface area contributed by atoms with Gasteiger partial charge in [0.2, 0.25) is 11.8 Å². The van der Waals surface area contributed by atoms with Crippen LogP contribution in [0.5, 0.6) is 0 Å². The molecule has 0 saturated carbocycles. The Morgan fingerprint density at radius 2 is 2.00 bits per heavy atom. The van der Waals surface area contributed by atoms with E-state index in [0.29, 0.717) is 18.8 Å². The van der Waals surface area contributed by atoms with Gasteiger partial charge in [0.05, 0.1) is 24.7 Å². The Morgan fingerprint density at radius 3 is 2.79 bits per heavy atom. The molecule has 0 spiro atoms. The second kappa shape index (κ2) is 8.04. The molecule has 7 nitrogen and oxygen atoms in total. The Kier molecular flexibility index (Phi) is 5.14. The van der Waals surface area contributed by atoms with Crippen LogP contribution in [0, 0.1) is 5.92 Å². The van der Waals surface area contributed by atoms with Crippen LogP contribution < -0.4 is 5.32 Å². The van der Waals surface area contributed by atoms with Gasteiger partial charge in [0.25, 0.3) is 0 Å². The van der Waals surface area contributed by atoms with Crippen molar-refractivity contribution in [3.63, 3.8) is 0 Å². The molecule has 2 amide bonds. The molecule has 2 aromatic heterocycles. The number of amides is 2. The summed E-state index contributed by atoms with van der Waals surface area (Å²) >= 11 is 0. The molecule has 3 heterocycles. The zero-order chi connectivity index (χ0) is 19.3. The third-order valence-corrected chi connectivity index (χ3v) is 4.73. The van der Waals surface area contributed by atoms with Gasteiger partial charge >= 0.3 is 0 Å². The highest BCUT2D eigenvalue weighted by atomic mass is 16.5. The molecule has 1 aliphatic rings. The lowest BCUT2D eigenvalue weighted by atomic mass is 10.1. The monoisotopic (exact) mass is 376 g/mol. The van der Waals surface area contributed by atoms with Crippen molar-refractivity contribution in [2.75, 3.05) is 6.54 Å². The number of aromatic nitrogens is 2. The number of rotatable bonds is 6. The lowest BCUT2D eigenvalue weighted by Crippen LogP contribution is -2.32. The molecule has 4 rings (SSSR count). The standard InChI is InChI=1S/C21H20N4O3/c26-20-10-16(13-25(20)14-17-8-4-5-9-22-17)21(27)23-12-18-11-19(24-28-18)15-6-2-1-3-7-15/h1-9,11,16H,10,12-14H2,(H,23,27). The van der Waals surface area contributed by atoms with Crippen LogP contribution in [0.2, 0.25) is 0 Å². The van der Waals surface area contributed by atoms with Gasteiger partial charge in [-0.1, -0.05) is 41.6 Å². The minimum Gasteiger partial charge on any atom is -0.359 e. The summed E-state index contributed by atoms with van der Waals surface area (Å²) in [6.07, 6.45) is 1.91. The van der Waals surface area contributed by atoms with Crippen LogP contribution in [0.4, 0.5) is 0 Å². The Bertz CT molecular complexity index is 956. The van der Waals surface area contributed by atoms with E-state index in [4.69, 9.17) is 4.52 Å². The van der Waals surface area contributed by atoms with E-state index >= 15 is 0 Å². The number of pyridine rings is 1. The molecule has 1 aliphatic heterocycles. The van der Waals surface area contributed by atoms with Crippen molar-refractivity contribution in [1.82, 2.24) is 20.4 Å². The highest BCUT2D eigenvalue weighted by Crippen LogP contribution is 2.21. The maximum absolute atomic E-state index is 12.5. The lowest BCUT2D eigenvalue weighted by Gasteiger charge is -2.15. The van der Waals surface area contributed by atoms with Crippen LogP contribution in [0.3, 0.4) is 0 Å². The molecule has 1 atom stereocenters. The summed E-state index contributed by atoms with van der Waals surface area (Å²) in [5.74, 6) is 0.0148. The van der Waals surface area contributed by atoms with Crippen molar-refractivity contribution in [2.45, 2.75) is 19.5 Å². The summed E-state index contributed by atoms with van der Waals surface area (Å²) in [5, 5.41) is 6.88. The van der Waals surface area contributed by atoms with Crippen molar-refractivity contribution in [3.05, 3.63) is 72.2 Å². The molecule has 1 aromatic carbocycles. The number of benzene rings is 1. The van der Waals surface area contributed by atoms with Gasteiger partial charge in [-0.2, -0.15) is 0 Å². The zero-order valence-corrected chi connectivity index (χ0v) is 15.2. The number of hydrogen-bond donors (Lipinski definition) is 1. The van der Waals surface area contributed by atoms with Gasteiger partial charge in [0, 0.05) is 30.8 Å². The number of carbonyl (C=O) groups excluding carboxylic acids is 2. The lowest BCUT2D eigenvalue weighted by molar-refractivity contribution is -0.129. The smallest absolute Gasteiger partial charge is 0.225 e. The van der Waals surface area contributed by atoms with Gasteiger partial charge in [-0.3, -0.25) is 14.6 Å². The molecule has 0 bridgehead atoms. The van der Waals surface area contributed by atoms with E-state index in [1.807, 2.05) is 54.6 Å². The molecular weight excluding hydrogens is 356 g/mol. The van der Waals surface area contributed by atoms with E-state index in [-0.39, 0.29) is 30.7 Å². The third kappa shape index (κ3) is 4.09. The van der Waals surface area contributed by atoms with Gasteiger partial charge in [0.15, 0.2) is 5.76 Å². The maximum Gasteiger partial charge on any atom is 0.225 e. The Hall–Kier alpha value is -3.48. The molecule has 28 heavy (non-hydrogen) atoms. The molecule has 0 radical (unpaired) electrons. The molecule has 3 aromatic rings. The van der Waals surface area contributed by atoms with Crippen LogP contribution in [-0.2, 0) is 22.7 Å². The van der Waals surface area contributed by atoms with Gasteiger partial charge in [-0.25, -0.2) is 0 Å².